The average Bonchev–Trinajstić information content (AvgIpc) is 4.06. The maximum Gasteiger partial charge on any atom is 3.00 e. The van der Waals surface area contributed by atoms with Gasteiger partial charge in [-0.3, -0.25) is 0 Å². The molecule has 326 valence electrons. The number of benzene rings is 7. The molecule has 0 bridgehead atoms. The van der Waals surface area contributed by atoms with E-state index in [9.17, 15) is 0 Å². The van der Waals surface area contributed by atoms with Gasteiger partial charge < -0.3 is 19.6 Å². The van der Waals surface area contributed by atoms with Crippen molar-refractivity contribution in [1.82, 2.24) is 4.98 Å². The number of para-hydroxylation sites is 3. The summed E-state index contributed by atoms with van der Waals surface area (Å²) in [5.74, 6) is 0.858. The number of aromatic nitrogens is 1. The molecule has 0 spiro atoms. The van der Waals surface area contributed by atoms with Crippen molar-refractivity contribution in [2.24, 2.45) is 5.92 Å². The van der Waals surface area contributed by atoms with Crippen LogP contribution in [0, 0.1) is 18.1 Å². The molecule has 2 aromatic heterocycles. The molecule has 4 nitrogen and oxygen atoms in total. The van der Waals surface area contributed by atoms with Gasteiger partial charge in [0.2, 0.25) is 0 Å². The summed E-state index contributed by atoms with van der Waals surface area (Å²) in [6.45, 7) is 14.1. The molecule has 1 aliphatic heterocycles. The van der Waals surface area contributed by atoms with Crippen LogP contribution >= 0.6 is 0 Å². The average molecular weight is 1040 g/mol. The van der Waals surface area contributed by atoms with Gasteiger partial charge in [0.1, 0.15) is 5.58 Å². The molecule has 1 saturated carbocycles. The van der Waals surface area contributed by atoms with Crippen molar-refractivity contribution >= 4 is 63.0 Å². The van der Waals surface area contributed by atoms with E-state index in [2.05, 4.69) is 191 Å². The van der Waals surface area contributed by atoms with E-state index >= 15 is 0 Å². The van der Waals surface area contributed by atoms with Gasteiger partial charge in [-0.2, -0.15) is 18.2 Å². The summed E-state index contributed by atoms with van der Waals surface area (Å²) in [5.41, 5.74) is 13.3. The van der Waals surface area contributed by atoms with E-state index in [0.29, 0.717) is 0 Å². The van der Waals surface area contributed by atoms with Gasteiger partial charge in [0, 0.05) is 34.1 Å². The van der Waals surface area contributed by atoms with Crippen molar-refractivity contribution in [1.29, 1.82) is 0 Å². The van der Waals surface area contributed by atoms with E-state index in [4.69, 9.17) is 14.7 Å². The monoisotopic (exact) mass is 1040 g/mol. The number of hydrogen-bond acceptors (Lipinski definition) is 3. The van der Waals surface area contributed by atoms with Crippen molar-refractivity contribution in [3.8, 4) is 22.4 Å². The van der Waals surface area contributed by atoms with Gasteiger partial charge in [-0.25, -0.2) is 0 Å². The molecule has 0 amide bonds. The molecule has 0 radical (unpaired) electrons. The first-order valence-electron chi connectivity index (χ1n) is 23.0. The van der Waals surface area contributed by atoms with Gasteiger partial charge >= 0.3 is 20.1 Å². The molecule has 1 aliphatic carbocycles. The second-order valence-electron chi connectivity index (χ2n) is 19.7. The van der Waals surface area contributed by atoms with Crippen LogP contribution in [0.4, 0.5) is 17.1 Å². The van der Waals surface area contributed by atoms with Crippen molar-refractivity contribution in [3.63, 3.8) is 0 Å². The third-order valence-corrected chi connectivity index (χ3v) is 15.3. The zero-order chi connectivity index (χ0) is 44.0. The first-order valence-corrected chi connectivity index (χ1v) is 26.5. The molecule has 65 heavy (non-hydrogen) atoms. The van der Waals surface area contributed by atoms with Crippen LogP contribution in [0.15, 0.2) is 162 Å². The third kappa shape index (κ3) is 8.85. The molecule has 3 heterocycles. The van der Waals surface area contributed by atoms with Crippen molar-refractivity contribution < 1.29 is 24.5 Å². The number of anilines is 2. The Balaban J connectivity index is 0.000000173. The number of hydrogen-bond donors (Lipinski definition) is 0. The summed E-state index contributed by atoms with van der Waals surface area (Å²) >= 11 is 0. The van der Waals surface area contributed by atoms with Crippen LogP contribution in [0.25, 0.3) is 60.4 Å². The molecule has 7 aromatic carbocycles. The second-order valence-corrected chi connectivity index (χ2v) is 24.8. The van der Waals surface area contributed by atoms with Gasteiger partial charge in [-0.1, -0.05) is 186 Å². The predicted molar refractivity (Wildman–Crippen MR) is 272 cm³/mol. The van der Waals surface area contributed by atoms with Crippen LogP contribution in [0.1, 0.15) is 69.3 Å². The minimum atomic E-state index is -1.40. The fraction of sp³-hybridized carbons (Fsp3) is 0.237. The van der Waals surface area contributed by atoms with E-state index in [1.807, 2.05) is 24.3 Å². The molecule has 6 heteroatoms. The van der Waals surface area contributed by atoms with E-state index in [1.165, 1.54) is 64.8 Å². The molecule has 0 N–H and O–H groups in total. The van der Waals surface area contributed by atoms with E-state index in [0.717, 1.165) is 61.7 Å². The minimum Gasteiger partial charge on any atom is -0.661 e. The molecular formula is C59H56IrN3OSi. The summed E-state index contributed by atoms with van der Waals surface area (Å²) in [6, 6.07) is 60.2. The molecule has 1 unspecified atom stereocenters. The topological polar surface area (TPSA) is 43.4 Å². The van der Waals surface area contributed by atoms with Crippen molar-refractivity contribution in [2.75, 3.05) is 4.90 Å². The van der Waals surface area contributed by atoms with Crippen LogP contribution in [0.2, 0.25) is 19.6 Å². The number of nitrogens with zero attached hydrogens (tertiary/aromatic N) is 3. The Morgan fingerprint density at radius 1 is 0.723 bits per heavy atom. The maximum atomic E-state index is 6.44. The van der Waals surface area contributed by atoms with Gasteiger partial charge in [0.05, 0.1) is 8.07 Å². The van der Waals surface area contributed by atoms with Crippen LogP contribution in [0.3, 0.4) is 0 Å². The SMILES string of the molecule is CC(C)(C)c1ccc(N2c3ccccc3[N-]C2c2[c-]ccc3c2oc2ccccc23)c(-c2ccccc2)c1.C[Si](C)(C)c1cnc(-c2[c-]ccc3ccccc23)cc1CC1CCCC1.[Ir+3]. The van der Waals surface area contributed by atoms with Crippen LogP contribution in [0.5, 0.6) is 0 Å². The van der Waals surface area contributed by atoms with Crippen LogP contribution < -0.4 is 10.1 Å². The molecule has 2 aliphatic rings. The summed E-state index contributed by atoms with van der Waals surface area (Å²) < 4.78 is 6.44. The first kappa shape index (κ1) is 44.4. The van der Waals surface area contributed by atoms with Gasteiger partial charge in [0.25, 0.3) is 0 Å². The first-order chi connectivity index (χ1) is 31.0. The number of fused-ring (bicyclic) bond motifs is 5. The summed E-state index contributed by atoms with van der Waals surface area (Å²) in [4.78, 5) is 7.25. The van der Waals surface area contributed by atoms with Gasteiger partial charge in [-0.05, 0) is 70.2 Å². The smallest absolute Gasteiger partial charge is 0.661 e. The van der Waals surface area contributed by atoms with Gasteiger partial charge in [-0.15, -0.1) is 40.4 Å². The molecule has 1 fully saturated rings. The Labute approximate surface area is 399 Å². The van der Waals surface area contributed by atoms with Crippen molar-refractivity contribution in [2.45, 2.75) is 84.1 Å². The minimum absolute atomic E-state index is 0. The Morgan fingerprint density at radius 2 is 1.43 bits per heavy atom. The summed E-state index contributed by atoms with van der Waals surface area (Å²) in [6.07, 6.45) is 8.69. The second kappa shape index (κ2) is 18.2. The molecule has 9 aromatic rings. The van der Waals surface area contributed by atoms with E-state index < -0.39 is 8.07 Å². The van der Waals surface area contributed by atoms with Crippen molar-refractivity contribution in [3.05, 3.63) is 192 Å². The third-order valence-electron chi connectivity index (χ3n) is 13.2. The largest absolute Gasteiger partial charge is 3.00 e. The quantitative estimate of drug-likeness (QED) is 0.118. The zero-order valence-corrected chi connectivity index (χ0v) is 41.7. The standard InChI is InChI=1S/C35H28N2O.C24H28NSi.Ir/c1-35(2,3)24-20-21-30(28(22-24)23-12-5-4-6-13-23)37-31-18-9-8-17-29(31)36-34(37)27-16-11-15-26-25-14-7-10-19-32(25)38-33(26)27;1-26(2,3)24-17-25-23(16-20(24)15-18-9-4-5-10-18)22-14-8-12-19-11-6-7-13-21(19)22;/h4-15,17-22,34H,1-3H3;6-8,11-13,16-18H,4-5,9-10,15H2,1-3H3;/q-2;-1;+3. The Morgan fingerprint density at radius 3 is 2.22 bits per heavy atom. The summed E-state index contributed by atoms with van der Waals surface area (Å²) in [7, 11) is -1.40. The fourth-order valence-electron chi connectivity index (χ4n) is 9.90. The normalized spacial score (nSPS) is 15.1. The van der Waals surface area contributed by atoms with E-state index in [-0.39, 0.29) is 31.7 Å². The number of furan rings is 1. The van der Waals surface area contributed by atoms with Crippen LogP contribution in [-0.2, 0) is 31.9 Å². The number of pyridine rings is 1. The fourth-order valence-corrected chi connectivity index (χ4v) is 11.5. The maximum absolute atomic E-state index is 6.44. The van der Waals surface area contributed by atoms with E-state index in [1.54, 1.807) is 5.56 Å². The molecule has 11 rings (SSSR count). The molecule has 0 saturated heterocycles. The Bertz CT molecular complexity index is 3110. The Hall–Kier alpha value is -5.78. The van der Waals surface area contributed by atoms with Gasteiger partial charge in [0.15, 0.2) is 0 Å². The number of rotatable bonds is 7. The Kier molecular flexibility index (Phi) is 12.5. The van der Waals surface area contributed by atoms with Crippen LogP contribution in [-0.4, -0.2) is 13.1 Å². The predicted octanol–water partition coefficient (Wildman–Crippen LogP) is 16.2. The zero-order valence-electron chi connectivity index (χ0n) is 38.3. The molecular weight excluding hydrogens is 987 g/mol. The molecule has 1 atom stereocenters. The summed E-state index contributed by atoms with van der Waals surface area (Å²) in [5, 5.41) is 11.5.